The molecular weight excluding hydrogens is 174 g/mol. The van der Waals surface area contributed by atoms with Gasteiger partial charge in [0.05, 0.1) is 0 Å². The fourth-order valence-corrected chi connectivity index (χ4v) is 2.97. The minimum absolute atomic E-state index is 0.126. The highest BCUT2D eigenvalue weighted by Gasteiger charge is 2.40. The van der Waals surface area contributed by atoms with Crippen molar-refractivity contribution < 1.29 is 0 Å². The monoisotopic (exact) mass is 193 g/mol. The lowest BCUT2D eigenvalue weighted by Gasteiger charge is -2.43. The Hall–Kier alpha value is -0.950. The number of hydrogen-bond acceptors (Lipinski definition) is 1. The van der Waals surface area contributed by atoms with Gasteiger partial charge in [-0.25, -0.2) is 0 Å². The Balaban J connectivity index is 2.92. The van der Waals surface area contributed by atoms with Crippen LogP contribution in [-0.2, 0) is 0 Å². The van der Waals surface area contributed by atoms with Gasteiger partial charge in [-0.2, -0.15) is 0 Å². The molecule has 0 spiro atoms. The minimum atomic E-state index is -0.227. The van der Waals surface area contributed by atoms with Crippen molar-refractivity contribution in [2.75, 3.05) is 0 Å². The zero-order valence-electron chi connectivity index (χ0n) is 9.32. The van der Waals surface area contributed by atoms with Crippen LogP contribution < -0.4 is 0 Å². The molecule has 0 aromatic carbocycles. The number of hydrogen-bond donors (Lipinski definition) is 0. The summed E-state index contributed by atoms with van der Waals surface area (Å²) in [5.41, 5.74) is 8.44. The highest BCUT2D eigenvalue weighted by atomic mass is 15.2. The Morgan fingerprint density at radius 1 is 1.50 bits per heavy atom. The predicted octanol–water partition coefficient (Wildman–Crippen LogP) is 4.07. The van der Waals surface area contributed by atoms with Crippen LogP contribution in [0.25, 0.3) is 10.4 Å². The smallest absolute Gasteiger partial charge is 0.0470 e. The summed E-state index contributed by atoms with van der Waals surface area (Å²) in [4.78, 5) is 2.96. The minimum Gasteiger partial charge on any atom is -0.103 e. The van der Waals surface area contributed by atoms with E-state index in [-0.39, 0.29) is 11.0 Å². The Bertz CT molecular complexity index is 280. The van der Waals surface area contributed by atoms with Crippen LogP contribution in [0.2, 0.25) is 0 Å². The lowest BCUT2D eigenvalue weighted by atomic mass is 9.64. The van der Waals surface area contributed by atoms with E-state index in [0.29, 0.717) is 5.92 Å². The third-order valence-electron chi connectivity index (χ3n) is 3.17. The molecule has 0 amide bonds. The molecule has 0 aromatic rings. The van der Waals surface area contributed by atoms with E-state index in [1.54, 1.807) is 0 Å². The van der Waals surface area contributed by atoms with Crippen LogP contribution in [0.5, 0.6) is 0 Å². The average molecular weight is 193 g/mol. The van der Waals surface area contributed by atoms with E-state index in [1.807, 2.05) is 13.0 Å². The molecule has 14 heavy (non-hydrogen) atoms. The van der Waals surface area contributed by atoms with Crippen molar-refractivity contribution in [2.45, 2.75) is 45.6 Å². The molecule has 3 unspecified atom stereocenters. The molecule has 3 nitrogen and oxygen atoms in total. The molecule has 0 saturated heterocycles. The molecule has 1 saturated carbocycles. The molecule has 1 aliphatic rings. The van der Waals surface area contributed by atoms with Crippen LogP contribution in [0, 0.1) is 11.3 Å². The second-order valence-electron chi connectivity index (χ2n) is 5.23. The maximum atomic E-state index is 8.55. The number of azide groups is 1. The fourth-order valence-electron chi connectivity index (χ4n) is 2.97. The molecule has 0 aromatic heterocycles. The predicted molar refractivity (Wildman–Crippen MR) is 58.9 cm³/mol. The van der Waals surface area contributed by atoms with Crippen molar-refractivity contribution in [3.63, 3.8) is 0 Å². The molecule has 1 aliphatic carbocycles. The van der Waals surface area contributed by atoms with Gasteiger partial charge in [-0.1, -0.05) is 32.0 Å². The van der Waals surface area contributed by atoms with E-state index < -0.39 is 0 Å². The summed E-state index contributed by atoms with van der Waals surface area (Å²) in [6.07, 6.45) is 5.05. The second kappa shape index (κ2) is 3.66. The molecule has 0 heterocycles. The van der Waals surface area contributed by atoms with Crippen molar-refractivity contribution in [1.29, 1.82) is 0 Å². The van der Waals surface area contributed by atoms with Crippen molar-refractivity contribution >= 4 is 0 Å². The maximum absolute atomic E-state index is 8.55. The summed E-state index contributed by atoms with van der Waals surface area (Å²) in [6.45, 7) is 10.3. The van der Waals surface area contributed by atoms with Crippen LogP contribution in [0.4, 0.5) is 0 Å². The molecule has 0 radical (unpaired) electrons. The molecule has 78 valence electrons. The highest BCUT2D eigenvalue weighted by Crippen LogP contribution is 2.46. The van der Waals surface area contributed by atoms with Gasteiger partial charge < -0.3 is 0 Å². The summed E-state index contributed by atoms with van der Waals surface area (Å²) < 4.78 is 0. The van der Waals surface area contributed by atoms with Crippen LogP contribution in [0.1, 0.15) is 40.0 Å². The highest BCUT2D eigenvalue weighted by molar-refractivity contribution is 5.04. The van der Waals surface area contributed by atoms with Crippen molar-refractivity contribution in [3.05, 3.63) is 23.1 Å². The zero-order valence-corrected chi connectivity index (χ0v) is 9.32. The van der Waals surface area contributed by atoms with E-state index in [9.17, 15) is 0 Å². The normalized spacial score (nSPS) is 42.6. The van der Waals surface area contributed by atoms with Crippen molar-refractivity contribution in [1.82, 2.24) is 0 Å². The SMILES string of the molecule is C=CC1(C)CC(C)CC(C)(N=[N+]=[N-])C1. The lowest BCUT2D eigenvalue weighted by molar-refractivity contribution is 0.144. The van der Waals surface area contributed by atoms with Gasteiger partial charge in [0.1, 0.15) is 0 Å². The third kappa shape index (κ3) is 2.30. The maximum Gasteiger partial charge on any atom is 0.0470 e. The molecule has 1 fully saturated rings. The lowest BCUT2D eigenvalue weighted by Crippen LogP contribution is -2.38. The Kier molecular flexibility index (Phi) is 2.91. The second-order valence-corrected chi connectivity index (χ2v) is 5.23. The Morgan fingerprint density at radius 3 is 2.64 bits per heavy atom. The van der Waals surface area contributed by atoms with Gasteiger partial charge in [0, 0.05) is 10.5 Å². The van der Waals surface area contributed by atoms with Gasteiger partial charge in [0.15, 0.2) is 0 Å². The number of allylic oxidation sites excluding steroid dienone is 1. The number of rotatable bonds is 2. The standard InChI is InChI=1S/C11H19N3/c1-5-10(3)6-9(2)7-11(4,8-10)13-14-12/h5,9H,1,6-8H2,2-4H3. The molecule has 3 atom stereocenters. The molecule has 0 bridgehead atoms. The molecule has 1 rings (SSSR count). The van der Waals surface area contributed by atoms with Gasteiger partial charge in [0.2, 0.25) is 0 Å². The third-order valence-corrected chi connectivity index (χ3v) is 3.17. The molecular formula is C11H19N3. The van der Waals surface area contributed by atoms with Gasteiger partial charge in [-0.3, -0.25) is 0 Å². The molecule has 3 heteroatoms. The van der Waals surface area contributed by atoms with E-state index in [0.717, 1.165) is 19.3 Å². The summed E-state index contributed by atoms with van der Waals surface area (Å²) in [6, 6.07) is 0. The van der Waals surface area contributed by atoms with E-state index >= 15 is 0 Å². The summed E-state index contributed by atoms with van der Waals surface area (Å²) >= 11 is 0. The van der Waals surface area contributed by atoms with E-state index in [4.69, 9.17) is 5.53 Å². The summed E-state index contributed by atoms with van der Waals surface area (Å²) in [7, 11) is 0. The summed E-state index contributed by atoms with van der Waals surface area (Å²) in [5, 5.41) is 3.94. The topological polar surface area (TPSA) is 48.8 Å². The van der Waals surface area contributed by atoms with Crippen LogP contribution in [0.3, 0.4) is 0 Å². The quantitative estimate of drug-likeness (QED) is 0.275. The molecule has 0 N–H and O–H groups in total. The van der Waals surface area contributed by atoms with Gasteiger partial charge in [-0.15, -0.1) is 6.58 Å². The first kappa shape index (κ1) is 11.1. The van der Waals surface area contributed by atoms with Crippen LogP contribution in [0.15, 0.2) is 17.8 Å². The molecule has 0 aliphatic heterocycles. The van der Waals surface area contributed by atoms with Crippen LogP contribution in [-0.4, -0.2) is 5.54 Å². The van der Waals surface area contributed by atoms with Crippen LogP contribution >= 0.6 is 0 Å². The van der Waals surface area contributed by atoms with Gasteiger partial charge in [-0.05, 0) is 36.1 Å². The number of nitrogens with zero attached hydrogens (tertiary/aromatic N) is 3. The zero-order chi connectivity index (χ0) is 10.8. The Morgan fingerprint density at radius 2 is 2.14 bits per heavy atom. The van der Waals surface area contributed by atoms with E-state index in [1.165, 1.54) is 0 Å². The van der Waals surface area contributed by atoms with E-state index in [2.05, 4.69) is 30.5 Å². The van der Waals surface area contributed by atoms with Gasteiger partial charge >= 0.3 is 0 Å². The summed E-state index contributed by atoms with van der Waals surface area (Å²) in [5.74, 6) is 0.599. The largest absolute Gasteiger partial charge is 0.103 e. The first-order valence-electron chi connectivity index (χ1n) is 5.13. The average Bonchev–Trinajstić information content (AvgIpc) is 2.01. The first-order chi connectivity index (χ1) is 6.43. The Labute approximate surface area is 85.8 Å². The van der Waals surface area contributed by atoms with Crippen molar-refractivity contribution in [2.24, 2.45) is 16.4 Å². The van der Waals surface area contributed by atoms with Gasteiger partial charge in [0.25, 0.3) is 0 Å². The fraction of sp³-hybridized carbons (Fsp3) is 0.818. The first-order valence-corrected chi connectivity index (χ1v) is 5.13. The van der Waals surface area contributed by atoms with Crippen molar-refractivity contribution in [3.8, 4) is 0 Å².